The van der Waals surface area contributed by atoms with E-state index in [1.807, 2.05) is 70.3 Å². The Labute approximate surface area is 287 Å². The van der Waals surface area contributed by atoms with Crippen molar-refractivity contribution in [1.82, 2.24) is 24.4 Å². The van der Waals surface area contributed by atoms with Crippen LogP contribution in [0.3, 0.4) is 0 Å². The van der Waals surface area contributed by atoms with Gasteiger partial charge in [0.05, 0.1) is 34.3 Å². The summed E-state index contributed by atoms with van der Waals surface area (Å²) in [6.07, 6.45) is -0.538. The molecule has 260 valence electrons. The summed E-state index contributed by atoms with van der Waals surface area (Å²) >= 11 is 1.52. The van der Waals surface area contributed by atoms with E-state index in [4.69, 9.17) is 0 Å². The van der Waals surface area contributed by atoms with E-state index in [2.05, 4.69) is 15.6 Å². The Morgan fingerprint density at radius 2 is 1.75 bits per heavy atom. The van der Waals surface area contributed by atoms with Gasteiger partial charge in [-0.1, -0.05) is 58.0 Å². The molecule has 1 saturated heterocycles. The van der Waals surface area contributed by atoms with Crippen molar-refractivity contribution in [3.05, 3.63) is 76.2 Å². The molecule has 14 heteroatoms. The first-order valence-corrected chi connectivity index (χ1v) is 18.4. The number of urea groups is 1. The highest BCUT2D eigenvalue weighted by Gasteiger charge is 2.40. The second-order valence-electron chi connectivity index (χ2n) is 12.8. The van der Waals surface area contributed by atoms with Crippen molar-refractivity contribution < 1.29 is 27.9 Å². The number of hydrogen-bond acceptors (Lipinski definition) is 8. The number of anilines is 1. The molecule has 0 radical (unpaired) electrons. The third-order valence-electron chi connectivity index (χ3n) is 8.15. The number of aromatic nitrogens is 1. The van der Waals surface area contributed by atoms with Crippen molar-refractivity contribution in [2.75, 3.05) is 31.5 Å². The molecule has 1 aliphatic rings. The van der Waals surface area contributed by atoms with Crippen molar-refractivity contribution in [2.45, 2.75) is 70.7 Å². The van der Waals surface area contributed by atoms with Gasteiger partial charge in [-0.2, -0.15) is 4.31 Å². The van der Waals surface area contributed by atoms with Crippen LogP contribution < -0.4 is 10.6 Å². The van der Waals surface area contributed by atoms with Crippen molar-refractivity contribution in [3.63, 3.8) is 0 Å². The monoisotopic (exact) mass is 698 g/mol. The lowest BCUT2D eigenvalue weighted by Crippen LogP contribution is -2.57. The van der Waals surface area contributed by atoms with Gasteiger partial charge in [-0.25, -0.2) is 18.2 Å². The molecule has 3 aromatic rings. The minimum absolute atomic E-state index is 0.0141. The zero-order valence-electron chi connectivity index (χ0n) is 28.1. The third kappa shape index (κ3) is 9.40. The van der Waals surface area contributed by atoms with Gasteiger partial charge in [0.2, 0.25) is 22.3 Å². The topological polar surface area (TPSA) is 152 Å². The summed E-state index contributed by atoms with van der Waals surface area (Å²) in [4.78, 5) is 46.1. The molecule has 0 spiro atoms. The highest BCUT2D eigenvalue weighted by Crippen LogP contribution is 2.24. The fourth-order valence-corrected chi connectivity index (χ4v) is 8.09. The number of aliphatic hydroxyl groups is 1. The summed E-state index contributed by atoms with van der Waals surface area (Å²) < 4.78 is 28.9. The van der Waals surface area contributed by atoms with Crippen molar-refractivity contribution in [2.24, 2.45) is 11.8 Å². The number of hydrogen-bond donors (Lipinski definition) is 3. The molecule has 0 unspecified atom stereocenters. The summed E-state index contributed by atoms with van der Waals surface area (Å²) in [7, 11) is -4.06. The largest absolute Gasteiger partial charge is 0.390 e. The van der Waals surface area contributed by atoms with Crippen LogP contribution in [0.2, 0.25) is 0 Å². The van der Waals surface area contributed by atoms with Crippen LogP contribution in [0, 0.1) is 18.8 Å². The zero-order valence-corrected chi connectivity index (χ0v) is 29.7. The molecule has 3 atom stereocenters. The quantitative estimate of drug-likeness (QED) is 0.182. The molecule has 2 heterocycles. The van der Waals surface area contributed by atoms with E-state index < -0.39 is 34.1 Å². The molecule has 3 N–H and O–H groups in total. The van der Waals surface area contributed by atoms with Crippen LogP contribution in [0.25, 0.3) is 0 Å². The number of amides is 4. The Morgan fingerprint density at radius 1 is 1.06 bits per heavy atom. The molecular formula is C34H46N6O6S2. The minimum atomic E-state index is -4.06. The zero-order chi connectivity index (χ0) is 35.0. The van der Waals surface area contributed by atoms with Gasteiger partial charge < -0.3 is 25.5 Å². The molecular weight excluding hydrogens is 653 g/mol. The van der Waals surface area contributed by atoms with Crippen molar-refractivity contribution in [3.8, 4) is 0 Å². The van der Waals surface area contributed by atoms with E-state index in [9.17, 15) is 27.9 Å². The summed E-state index contributed by atoms with van der Waals surface area (Å²) in [5.74, 6) is -0.714. The maximum atomic E-state index is 14.0. The number of thiazole rings is 1. The molecule has 12 nitrogen and oxygen atoms in total. The molecule has 0 aliphatic carbocycles. The number of aliphatic hydroxyl groups excluding tert-OH is 1. The van der Waals surface area contributed by atoms with Crippen LogP contribution in [0.15, 0.2) is 64.9 Å². The average molecular weight is 699 g/mol. The SMILES string of the molecule is Cc1nc(CN2CCN([C@H](C(=O)N[C@@H](Cc3ccccc3)[C@@H](O)CN(CC(C)C)S(=O)(=O)c3ccc(NC=O)cc3)C(C)C)C2=O)cs1. The summed E-state index contributed by atoms with van der Waals surface area (Å²) in [6.45, 7) is 10.5. The van der Waals surface area contributed by atoms with E-state index in [0.717, 1.165) is 16.3 Å². The van der Waals surface area contributed by atoms with Gasteiger partial charge in [0, 0.05) is 37.2 Å². The summed E-state index contributed by atoms with van der Waals surface area (Å²) in [5, 5.41) is 20.1. The molecule has 2 aromatic carbocycles. The van der Waals surface area contributed by atoms with Crippen LogP contribution >= 0.6 is 11.3 Å². The second-order valence-corrected chi connectivity index (χ2v) is 15.8. The summed E-state index contributed by atoms with van der Waals surface area (Å²) in [6, 6.07) is 13.2. The highest BCUT2D eigenvalue weighted by atomic mass is 32.2. The van der Waals surface area contributed by atoms with Crippen molar-refractivity contribution in [1.29, 1.82) is 0 Å². The second kappa shape index (κ2) is 16.5. The lowest BCUT2D eigenvalue weighted by Gasteiger charge is -2.34. The third-order valence-corrected chi connectivity index (χ3v) is 10.8. The van der Waals surface area contributed by atoms with Crippen molar-refractivity contribution >= 4 is 45.4 Å². The van der Waals surface area contributed by atoms with Gasteiger partial charge in [-0.15, -0.1) is 11.3 Å². The summed E-state index contributed by atoms with van der Waals surface area (Å²) in [5.41, 5.74) is 2.10. The standard InChI is InChI=1S/C34H46N6O6S2/c1-23(2)18-39(48(45,46)29-13-11-27(12-14-29)35-22-41)20-31(42)30(17-26-9-7-6-8-10-26)37-33(43)32(24(3)4)40-16-15-38(34(40)44)19-28-21-47-25(5)36-28/h6-14,21-24,30-32,42H,15-20H2,1-5H3,(H,35,41)(H,37,43)/t30-,31-,32-/m0/s1. The van der Waals surface area contributed by atoms with Gasteiger partial charge in [0.25, 0.3) is 0 Å². The van der Waals surface area contributed by atoms with Crippen LogP contribution in [-0.4, -0.2) is 95.3 Å². The molecule has 0 saturated carbocycles. The van der Waals surface area contributed by atoms with Crippen LogP contribution in [0.5, 0.6) is 0 Å². The average Bonchev–Trinajstić information content (AvgIpc) is 3.61. The maximum Gasteiger partial charge on any atom is 0.321 e. The lowest BCUT2D eigenvalue weighted by atomic mass is 9.97. The van der Waals surface area contributed by atoms with Gasteiger partial charge >= 0.3 is 6.03 Å². The normalized spacial score (nSPS) is 15.6. The van der Waals surface area contributed by atoms with E-state index >= 15 is 0 Å². The Bertz CT molecular complexity index is 1630. The molecule has 0 bridgehead atoms. The first-order chi connectivity index (χ1) is 22.8. The first-order valence-electron chi connectivity index (χ1n) is 16.1. The fraction of sp³-hybridized carbons (Fsp3) is 0.471. The molecule has 1 aliphatic heterocycles. The van der Waals surface area contributed by atoms with E-state index in [-0.39, 0.29) is 42.3 Å². The first kappa shape index (κ1) is 37.0. The molecule has 1 aromatic heterocycles. The van der Waals surface area contributed by atoms with E-state index in [1.165, 1.54) is 39.9 Å². The van der Waals surface area contributed by atoms with Crippen LogP contribution in [-0.2, 0) is 32.6 Å². The highest BCUT2D eigenvalue weighted by molar-refractivity contribution is 7.89. The number of nitrogens with one attached hydrogen (secondary N) is 2. The number of benzene rings is 2. The fourth-order valence-electron chi connectivity index (χ4n) is 5.86. The number of rotatable bonds is 17. The van der Waals surface area contributed by atoms with Gasteiger partial charge in [-0.3, -0.25) is 9.59 Å². The van der Waals surface area contributed by atoms with Gasteiger partial charge in [0.15, 0.2) is 0 Å². The molecule has 4 rings (SSSR count). The number of carbonyl (C=O) groups is 3. The molecule has 4 amide bonds. The number of sulfonamides is 1. The number of carbonyl (C=O) groups excluding carboxylic acids is 3. The smallest absolute Gasteiger partial charge is 0.321 e. The number of aryl methyl sites for hydroxylation is 1. The predicted octanol–water partition coefficient (Wildman–Crippen LogP) is 3.72. The lowest BCUT2D eigenvalue weighted by molar-refractivity contribution is -0.128. The molecule has 48 heavy (non-hydrogen) atoms. The Morgan fingerprint density at radius 3 is 2.33 bits per heavy atom. The molecule has 1 fully saturated rings. The predicted molar refractivity (Wildman–Crippen MR) is 186 cm³/mol. The van der Waals surface area contributed by atoms with E-state index in [1.54, 1.807) is 9.80 Å². The Kier molecular flexibility index (Phi) is 12.7. The minimum Gasteiger partial charge on any atom is -0.390 e. The van der Waals surface area contributed by atoms with E-state index in [0.29, 0.717) is 31.7 Å². The maximum absolute atomic E-state index is 14.0. The van der Waals surface area contributed by atoms with Crippen LogP contribution in [0.4, 0.5) is 10.5 Å². The van der Waals surface area contributed by atoms with Crippen LogP contribution in [0.1, 0.15) is 44.0 Å². The number of nitrogens with zero attached hydrogens (tertiary/aromatic N) is 4. The van der Waals surface area contributed by atoms with Gasteiger partial charge in [0.1, 0.15) is 6.04 Å². The Hall–Kier alpha value is -3.85. The van der Waals surface area contributed by atoms with Gasteiger partial charge in [-0.05, 0) is 55.0 Å². The Balaban J connectivity index is 1.56.